The summed E-state index contributed by atoms with van der Waals surface area (Å²) in [5, 5.41) is 8.43. The Balaban J connectivity index is 3.36. The van der Waals surface area contributed by atoms with E-state index in [0.717, 1.165) is 23.1 Å². The second kappa shape index (κ2) is 6.90. The van der Waals surface area contributed by atoms with Crippen molar-refractivity contribution in [2.45, 2.75) is 34.1 Å². The summed E-state index contributed by atoms with van der Waals surface area (Å²) in [6.07, 6.45) is 6.47. The van der Waals surface area contributed by atoms with E-state index in [1.54, 1.807) is 6.08 Å². The first-order valence-corrected chi connectivity index (χ1v) is 6.86. The predicted molar refractivity (Wildman–Crippen MR) is 89.5 cm³/mol. The Morgan fingerprint density at radius 3 is 2.50 bits per heavy atom. The van der Waals surface area contributed by atoms with Crippen molar-refractivity contribution < 1.29 is 0 Å². The first kappa shape index (κ1) is 16.0. The Bertz CT molecular complexity index is 586. The molecule has 2 heteroatoms. The van der Waals surface area contributed by atoms with Gasteiger partial charge in [-0.15, -0.1) is 0 Å². The minimum atomic E-state index is 0.443. The van der Waals surface area contributed by atoms with Gasteiger partial charge in [-0.05, 0) is 56.0 Å². The van der Waals surface area contributed by atoms with Gasteiger partial charge < -0.3 is 5.73 Å². The Kier molecular flexibility index (Phi) is 5.51. The average molecular weight is 268 g/mol. The third kappa shape index (κ3) is 3.70. The van der Waals surface area contributed by atoms with Crippen molar-refractivity contribution in [2.24, 2.45) is 0 Å². The summed E-state index contributed by atoms with van der Waals surface area (Å²) in [5.74, 6) is 0. The standard InChI is InChI=1S/C18H24N2/c1-6-8-15(9-12(3)4)18(20)16-11-14(7-2)13(5)10-17(16)19/h6,8-11,20H,1,7,19H2,2-5H3/b15-8+,20-18?. The second-order valence-corrected chi connectivity index (χ2v) is 5.17. The highest BCUT2D eigenvalue weighted by atomic mass is 14.6. The molecule has 0 atom stereocenters. The number of nitrogens with two attached hydrogens (primary N) is 1. The van der Waals surface area contributed by atoms with Crippen LogP contribution in [-0.2, 0) is 6.42 Å². The molecule has 0 saturated carbocycles. The maximum absolute atomic E-state index is 8.43. The minimum Gasteiger partial charge on any atom is -0.398 e. The molecular weight excluding hydrogens is 244 g/mol. The average Bonchev–Trinajstić information content (AvgIpc) is 2.37. The van der Waals surface area contributed by atoms with Crippen LogP contribution >= 0.6 is 0 Å². The van der Waals surface area contributed by atoms with Crippen LogP contribution in [0.15, 0.2) is 48.1 Å². The molecule has 0 heterocycles. The smallest absolute Gasteiger partial charge is 0.0705 e. The van der Waals surface area contributed by atoms with Crippen LogP contribution in [-0.4, -0.2) is 5.71 Å². The van der Waals surface area contributed by atoms with Gasteiger partial charge >= 0.3 is 0 Å². The lowest BCUT2D eigenvalue weighted by molar-refractivity contribution is 1.11. The van der Waals surface area contributed by atoms with Crippen LogP contribution in [0.5, 0.6) is 0 Å². The van der Waals surface area contributed by atoms with Crippen molar-refractivity contribution in [1.82, 2.24) is 0 Å². The van der Waals surface area contributed by atoms with Crippen LogP contribution in [0.4, 0.5) is 5.69 Å². The van der Waals surface area contributed by atoms with Gasteiger partial charge in [0.2, 0.25) is 0 Å². The van der Waals surface area contributed by atoms with E-state index in [2.05, 4.69) is 20.4 Å². The summed E-state index contributed by atoms with van der Waals surface area (Å²) in [7, 11) is 0. The molecule has 0 spiro atoms. The molecule has 0 aromatic heterocycles. The van der Waals surface area contributed by atoms with Crippen molar-refractivity contribution >= 4 is 11.4 Å². The molecule has 1 aromatic carbocycles. The van der Waals surface area contributed by atoms with Crippen molar-refractivity contribution in [3.05, 3.63) is 64.8 Å². The van der Waals surface area contributed by atoms with Crippen LogP contribution in [0, 0.1) is 12.3 Å². The summed E-state index contributed by atoms with van der Waals surface area (Å²) in [5.41, 5.74) is 12.4. The van der Waals surface area contributed by atoms with E-state index in [1.807, 2.05) is 38.1 Å². The van der Waals surface area contributed by atoms with E-state index in [0.29, 0.717) is 11.4 Å². The second-order valence-electron chi connectivity index (χ2n) is 5.17. The summed E-state index contributed by atoms with van der Waals surface area (Å²) in [6.45, 7) is 11.9. The maximum Gasteiger partial charge on any atom is 0.0705 e. The number of benzene rings is 1. The van der Waals surface area contributed by atoms with E-state index in [-0.39, 0.29) is 0 Å². The van der Waals surface area contributed by atoms with E-state index >= 15 is 0 Å². The summed E-state index contributed by atoms with van der Waals surface area (Å²) < 4.78 is 0. The molecule has 0 aliphatic heterocycles. The van der Waals surface area contributed by atoms with Gasteiger partial charge in [-0.1, -0.05) is 37.3 Å². The van der Waals surface area contributed by atoms with Gasteiger partial charge in [0.15, 0.2) is 0 Å². The minimum absolute atomic E-state index is 0.443. The van der Waals surface area contributed by atoms with E-state index in [9.17, 15) is 0 Å². The third-order valence-corrected chi connectivity index (χ3v) is 3.19. The van der Waals surface area contributed by atoms with Crippen LogP contribution in [0.25, 0.3) is 0 Å². The van der Waals surface area contributed by atoms with Gasteiger partial charge in [0.1, 0.15) is 0 Å². The molecule has 0 bridgehead atoms. The van der Waals surface area contributed by atoms with Crippen molar-refractivity contribution in [3.63, 3.8) is 0 Å². The number of hydrogen-bond donors (Lipinski definition) is 2. The quantitative estimate of drug-likeness (QED) is 0.458. The fourth-order valence-electron chi connectivity index (χ4n) is 2.17. The molecule has 0 saturated heterocycles. The number of aryl methyl sites for hydroxylation is 2. The molecule has 1 aromatic rings. The molecule has 3 N–H and O–H groups in total. The third-order valence-electron chi connectivity index (χ3n) is 3.19. The zero-order valence-electron chi connectivity index (χ0n) is 12.9. The number of rotatable bonds is 5. The van der Waals surface area contributed by atoms with Gasteiger partial charge in [0.25, 0.3) is 0 Å². The molecule has 0 radical (unpaired) electrons. The number of hydrogen-bond acceptors (Lipinski definition) is 2. The number of nitrogens with one attached hydrogen (secondary N) is 1. The molecule has 0 unspecified atom stereocenters. The summed E-state index contributed by atoms with van der Waals surface area (Å²) >= 11 is 0. The lowest BCUT2D eigenvalue weighted by atomic mass is 9.94. The number of anilines is 1. The van der Waals surface area contributed by atoms with Crippen molar-refractivity contribution in [1.29, 1.82) is 5.41 Å². The lowest BCUT2D eigenvalue weighted by Crippen LogP contribution is -2.08. The number of allylic oxidation sites excluding steroid dienone is 5. The topological polar surface area (TPSA) is 49.9 Å². The van der Waals surface area contributed by atoms with E-state index in [1.165, 1.54) is 11.1 Å². The normalized spacial score (nSPS) is 11.1. The maximum atomic E-state index is 8.43. The Hall–Kier alpha value is -2.09. The lowest BCUT2D eigenvalue weighted by Gasteiger charge is -2.13. The first-order valence-electron chi connectivity index (χ1n) is 6.86. The van der Waals surface area contributed by atoms with Crippen molar-refractivity contribution in [3.8, 4) is 0 Å². The Morgan fingerprint density at radius 2 is 2.00 bits per heavy atom. The molecular formula is C18H24N2. The first-order chi connectivity index (χ1) is 9.40. The largest absolute Gasteiger partial charge is 0.398 e. The molecule has 0 fully saturated rings. The molecule has 0 amide bonds. The van der Waals surface area contributed by atoms with E-state index in [4.69, 9.17) is 11.1 Å². The Morgan fingerprint density at radius 1 is 1.35 bits per heavy atom. The Labute approximate surface area is 122 Å². The van der Waals surface area contributed by atoms with Gasteiger partial charge in [0, 0.05) is 11.3 Å². The van der Waals surface area contributed by atoms with Crippen LogP contribution in [0.2, 0.25) is 0 Å². The highest BCUT2D eigenvalue weighted by Gasteiger charge is 2.11. The monoisotopic (exact) mass is 268 g/mol. The summed E-state index contributed by atoms with van der Waals surface area (Å²) in [6, 6.07) is 3.99. The zero-order chi connectivity index (χ0) is 15.3. The SMILES string of the molecule is C=C/C=C(\C=C(C)C)C(=N)c1cc(CC)c(C)cc1N. The fraction of sp³-hybridized carbons (Fsp3) is 0.278. The molecule has 0 aliphatic carbocycles. The highest BCUT2D eigenvalue weighted by molar-refractivity contribution is 6.15. The molecule has 2 nitrogen and oxygen atoms in total. The molecule has 20 heavy (non-hydrogen) atoms. The summed E-state index contributed by atoms with van der Waals surface area (Å²) in [4.78, 5) is 0. The van der Waals surface area contributed by atoms with Gasteiger partial charge in [-0.25, -0.2) is 0 Å². The predicted octanol–water partition coefficient (Wildman–Crippen LogP) is 4.59. The molecule has 0 aliphatic rings. The van der Waals surface area contributed by atoms with Gasteiger partial charge in [-0.3, -0.25) is 5.41 Å². The number of nitrogen functional groups attached to an aromatic ring is 1. The van der Waals surface area contributed by atoms with Crippen molar-refractivity contribution in [2.75, 3.05) is 5.73 Å². The van der Waals surface area contributed by atoms with Crippen LogP contribution in [0.3, 0.4) is 0 Å². The molecule has 106 valence electrons. The van der Waals surface area contributed by atoms with Crippen LogP contribution < -0.4 is 5.73 Å². The highest BCUT2D eigenvalue weighted by Crippen LogP contribution is 2.23. The van der Waals surface area contributed by atoms with E-state index < -0.39 is 0 Å². The molecule has 1 rings (SSSR count). The fourth-order valence-corrected chi connectivity index (χ4v) is 2.17. The van der Waals surface area contributed by atoms with Gasteiger partial charge in [0.05, 0.1) is 5.71 Å². The zero-order valence-corrected chi connectivity index (χ0v) is 12.9. The van der Waals surface area contributed by atoms with Crippen LogP contribution in [0.1, 0.15) is 37.5 Å². The van der Waals surface area contributed by atoms with Gasteiger partial charge in [-0.2, -0.15) is 0 Å².